The van der Waals surface area contributed by atoms with E-state index in [9.17, 15) is 13.2 Å². The van der Waals surface area contributed by atoms with Crippen molar-refractivity contribution in [2.75, 3.05) is 0 Å². The summed E-state index contributed by atoms with van der Waals surface area (Å²) in [6.07, 6.45) is 0. The van der Waals surface area contributed by atoms with Gasteiger partial charge in [0.2, 0.25) is 5.88 Å². The van der Waals surface area contributed by atoms with Gasteiger partial charge in [0.05, 0.1) is 5.69 Å². The number of benzene rings is 2. The quantitative estimate of drug-likeness (QED) is 0.297. The average Bonchev–Trinajstić information content (AvgIpc) is 2.86. The van der Waals surface area contributed by atoms with Gasteiger partial charge in [0, 0.05) is 11.3 Å². The molecule has 7 nitrogen and oxygen atoms in total. The maximum Gasteiger partial charge on any atom is 0.281 e. The topological polar surface area (TPSA) is 98.2 Å². The van der Waals surface area contributed by atoms with Crippen LogP contribution in [0.2, 0.25) is 0 Å². The molecule has 0 spiro atoms. The van der Waals surface area contributed by atoms with E-state index in [1.165, 1.54) is 12.1 Å². The van der Waals surface area contributed by atoms with Gasteiger partial charge in [-0.15, -0.1) is 0 Å². The molecule has 0 aliphatic heterocycles. The molecular weight excluding hydrogens is 498 g/mol. The molecule has 0 unspecified atom stereocenters. The molecule has 0 aliphatic carbocycles. The molecule has 1 N–H and O–H groups in total. The lowest BCUT2D eigenvalue weighted by molar-refractivity contribution is 0.0978. The summed E-state index contributed by atoms with van der Waals surface area (Å²) < 4.78 is 34.2. The minimum absolute atomic E-state index is 0.00985. The molecule has 0 radical (unpaired) electrons. The highest BCUT2D eigenvalue weighted by Crippen LogP contribution is 2.33. The second-order valence-electron chi connectivity index (χ2n) is 9.71. The fourth-order valence-corrected chi connectivity index (χ4v) is 5.21. The third-order valence-electron chi connectivity index (χ3n) is 6.12. The molecule has 2 aromatic heterocycles. The normalized spacial score (nSPS) is 11.4. The zero-order valence-corrected chi connectivity index (χ0v) is 23.2. The molecular formula is C30H31N3O4S. The first-order valence-corrected chi connectivity index (χ1v) is 13.8. The van der Waals surface area contributed by atoms with Crippen LogP contribution < -0.4 is 9.46 Å². The number of aryl methyl sites for hydroxylation is 4. The van der Waals surface area contributed by atoms with Gasteiger partial charge in [-0.1, -0.05) is 55.8 Å². The molecule has 0 saturated carbocycles. The van der Waals surface area contributed by atoms with Gasteiger partial charge < -0.3 is 4.74 Å². The molecule has 0 aliphatic rings. The van der Waals surface area contributed by atoms with Crippen LogP contribution in [0.3, 0.4) is 0 Å². The SMILES string of the molecule is Cc1cc(C)c(Oc2nc(-c3cccc(C(C)C)c3)ccc2C(=O)NS(=O)(=O)c2cccc(C)n2)c(C)c1. The number of nitrogens with one attached hydrogen (secondary N) is 1. The predicted octanol–water partition coefficient (Wildman–Crippen LogP) is 6.41. The van der Waals surface area contributed by atoms with Gasteiger partial charge in [-0.3, -0.25) is 4.79 Å². The highest BCUT2D eigenvalue weighted by atomic mass is 32.2. The number of pyridine rings is 2. The number of carbonyl (C=O) groups is 1. The van der Waals surface area contributed by atoms with Crippen molar-refractivity contribution in [1.82, 2.24) is 14.7 Å². The Morgan fingerprint density at radius 3 is 2.21 bits per heavy atom. The molecule has 4 rings (SSSR count). The Hall–Kier alpha value is -4.04. The van der Waals surface area contributed by atoms with Gasteiger partial charge in [0.1, 0.15) is 11.3 Å². The largest absolute Gasteiger partial charge is 0.438 e. The minimum Gasteiger partial charge on any atom is -0.438 e. The van der Waals surface area contributed by atoms with Crippen LogP contribution in [0, 0.1) is 27.7 Å². The molecule has 2 aromatic carbocycles. The molecule has 0 fully saturated rings. The van der Waals surface area contributed by atoms with Gasteiger partial charge >= 0.3 is 0 Å². The summed E-state index contributed by atoms with van der Waals surface area (Å²) in [6.45, 7) is 11.7. The van der Waals surface area contributed by atoms with Gasteiger partial charge in [0.15, 0.2) is 5.03 Å². The Labute approximate surface area is 224 Å². The zero-order chi connectivity index (χ0) is 27.6. The van der Waals surface area contributed by atoms with Crippen molar-refractivity contribution in [2.45, 2.75) is 52.5 Å². The summed E-state index contributed by atoms with van der Waals surface area (Å²) >= 11 is 0. The van der Waals surface area contributed by atoms with Crippen molar-refractivity contribution in [1.29, 1.82) is 0 Å². The molecule has 196 valence electrons. The van der Waals surface area contributed by atoms with Crippen molar-refractivity contribution in [2.24, 2.45) is 0 Å². The van der Waals surface area contributed by atoms with Crippen molar-refractivity contribution in [3.8, 4) is 22.9 Å². The Bertz CT molecular complexity index is 1610. The fourth-order valence-electron chi connectivity index (χ4n) is 4.23. The van der Waals surface area contributed by atoms with Crippen LogP contribution in [-0.4, -0.2) is 24.3 Å². The molecule has 0 atom stereocenters. The Balaban J connectivity index is 1.79. The summed E-state index contributed by atoms with van der Waals surface area (Å²) in [5, 5.41) is -0.242. The van der Waals surface area contributed by atoms with E-state index in [1.807, 2.05) is 51.1 Å². The number of amides is 1. The first kappa shape index (κ1) is 27.0. The lowest BCUT2D eigenvalue weighted by atomic mass is 9.99. The highest BCUT2D eigenvalue weighted by Gasteiger charge is 2.25. The second-order valence-corrected chi connectivity index (χ2v) is 11.3. The standard InChI is InChI=1S/C30H31N3O4S/c1-18(2)23-10-8-11-24(17-23)26-14-13-25(29(34)33-38(35,36)27-12-7-9-22(6)31-27)30(32-26)37-28-20(4)15-19(3)16-21(28)5/h7-18H,1-6H3,(H,33,34). The number of rotatable bonds is 7. The van der Waals surface area contributed by atoms with Crippen molar-refractivity contribution in [3.05, 3.63) is 100 Å². The molecule has 0 saturated heterocycles. The fraction of sp³-hybridized carbons (Fsp3) is 0.233. The van der Waals surface area contributed by atoms with E-state index in [1.54, 1.807) is 25.1 Å². The molecule has 0 bridgehead atoms. The third-order valence-corrected chi connectivity index (χ3v) is 7.35. The van der Waals surface area contributed by atoms with E-state index >= 15 is 0 Å². The number of hydrogen-bond acceptors (Lipinski definition) is 6. The van der Waals surface area contributed by atoms with Gasteiger partial charge in [0.25, 0.3) is 15.9 Å². The molecule has 2 heterocycles. The number of aromatic nitrogens is 2. The Morgan fingerprint density at radius 1 is 0.868 bits per heavy atom. The maximum atomic E-state index is 13.3. The van der Waals surface area contributed by atoms with E-state index in [4.69, 9.17) is 4.74 Å². The Kier molecular flexibility index (Phi) is 7.64. The smallest absolute Gasteiger partial charge is 0.281 e. The predicted molar refractivity (Wildman–Crippen MR) is 148 cm³/mol. The number of sulfonamides is 1. The van der Waals surface area contributed by atoms with Crippen LogP contribution in [0.5, 0.6) is 11.6 Å². The van der Waals surface area contributed by atoms with Crippen LogP contribution in [0.4, 0.5) is 0 Å². The lowest BCUT2D eigenvalue weighted by Crippen LogP contribution is -2.31. The van der Waals surface area contributed by atoms with Gasteiger partial charge in [-0.25, -0.2) is 14.7 Å². The number of ether oxygens (including phenoxy) is 1. The molecule has 8 heteroatoms. The van der Waals surface area contributed by atoms with Crippen LogP contribution in [0.25, 0.3) is 11.3 Å². The number of carbonyl (C=O) groups excluding carboxylic acids is 1. The van der Waals surface area contributed by atoms with E-state index < -0.39 is 15.9 Å². The second kappa shape index (κ2) is 10.8. The minimum atomic E-state index is -4.21. The van der Waals surface area contributed by atoms with Crippen LogP contribution >= 0.6 is 0 Å². The zero-order valence-electron chi connectivity index (χ0n) is 22.4. The first-order valence-electron chi connectivity index (χ1n) is 12.3. The highest BCUT2D eigenvalue weighted by molar-refractivity contribution is 7.90. The average molecular weight is 530 g/mol. The van der Waals surface area contributed by atoms with Gasteiger partial charge in [-0.2, -0.15) is 8.42 Å². The monoisotopic (exact) mass is 529 g/mol. The van der Waals surface area contributed by atoms with E-state index in [0.717, 1.165) is 27.8 Å². The van der Waals surface area contributed by atoms with E-state index in [2.05, 4.69) is 34.6 Å². The summed E-state index contributed by atoms with van der Waals surface area (Å²) in [7, 11) is -4.21. The third kappa shape index (κ3) is 5.92. The van der Waals surface area contributed by atoms with Crippen molar-refractivity contribution in [3.63, 3.8) is 0 Å². The number of hydrogen-bond donors (Lipinski definition) is 1. The summed E-state index contributed by atoms with van der Waals surface area (Å²) in [4.78, 5) is 22.0. The van der Waals surface area contributed by atoms with Crippen molar-refractivity contribution >= 4 is 15.9 Å². The maximum absolute atomic E-state index is 13.3. The van der Waals surface area contributed by atoms with Crippen LogP contribution in [0.1, 0.15) is 58.1 Å². The number of nitrogens with zero attached hydrogens (tertiary/aromatic N) is 2. The lowest BCUT2D eigenvalue weighted by Gasteiger charge is -2.16. The van der Waals surface area contributed by atoms with E-state index in [-0.39, 0.29) is 16.5 Å². The first-order chi connectivity index (χ1) is 17.9. The van der Waals surface area contributed by atoms with Crippen LogP contribution in [-0.2, 0) is 10.0 Å². The summed E-state index contributed by atoms with van der Waals surface area (Å²) in [5.41, 5.74) is 5.95. The summed E-state index contributed by atoms with van der Waals surface area (Å²) in [6, 6.07) is 19.8. The van der Waals surface area contributed by atoms with Crippen LogP contribution in [0.15, 0.2) is 71.8 Å². The summed E-state index contributed by atoms with van der Waals surface area (Å²) in [5.74, 6) is 0.0422. The Morgan fingerprint density at radius 2 is 1.55 bits per heavy atom. The molecule has 38 heavy (non-hydrogen) atoms. The molecule has 1 amide bonds. The van der Waals surface area contributed by atoms with Gasteiger partial charge in [-0.05, 0) is 80.6 Å². The van der Waals surface area contributed by atoms with Crippen molar-refractivity contribution < 1.29 is 17.9 Å². The molecule has 4 aromatic rings. The van der Waals surface area contributed by atoms with E-state index in [0.29, 0.717) is 23.1 Å².